The second kappa shape index (κ2) is 5.34. The summed E-state index contributed by atoms with van der Waals surface area (Å²) in [6.07, 6.45) is 5.03. The van der Waals surface area contributed by atoms with Crippen LogP contribution in [0.25, 0.3) is 0 Å². The Balaban J connectivity index is 1.90. The van der Waals surface area contributed by atoms with Crippen molar-refractivity contribution < 1.29 is 0 Å². The molecule has 0 bridgehead atoms. The molecule has 1 nitrogen and oxygen atoms in total. The maximum absolute atomic E-state index is 2.61. The molecule has 0 aliphatic carbocycles. The van der Waals surface area contributed by atoms with Crippen LogP contribution in [0.4, 0.5) is 0 Å². The Hall–Kier alpha value is -1.54. The van der Waals surface area contributed by atoms with Crippen molar-refractivity contribution in [3.05, 3.63) is 71.8 Å². The molecule has 0 N–H and O–H groups in total. The maximum Gasteiger partial charge on any atom is 0.208 e. The first-order valence-corrected chi connectivity index (χ1v) is 8.11. The molecule has 2 aromatic rings. The van der Waals surface area contributed by atoms with Gasteiger partial charge in [0.25, 0.3) is 0 Å². The Morgan fingerprint density at radius 2 is 1.52 bits per heavy atom. The van der Waals surface area contributed by atoms with Gasteiger partial charge in [-0.15, -0.1) is 0 Å². The average molecular weight is 274 g/mol. The molecular weight excluding hydrogens is 253 g/mol. The highest BCUT2D eigenvalue weighted by Gasteiger charge is 2.48. The lowest BCUT2D eigenvalue weighted by molar-refractivity contribution is 0.249. The summed E-state index contributed by atoms with van der Waals surface area (Å²) in [5.74, 6) is 0. The summed E-state index contributed by atoms with van der Waals surface area (Å²) in [6, 6.07) is 23.0. The van der Waals surface area contributed by atoms with Crippen molar-refractivity contribution in [3.8, 4) is 0 Å². The second-order valence-electron chi connectivity index (χ2n) is 6.32. The summed E-state index contributed by atoms with van der Waals surface area (Å²) in [5.41, 5.74) is 3.13. The Morgan fingerprint density at radius 3 is 2.14 bits per heavy atom. The predicted octanol–water partition coefficient (Wildman–Crippen LogP) is 3.88. The number of fused-ring (bicyclic) bond motifs is 1. The van der Waals surface area contributed by atoms with Gasteiger partial charge in [-0.1, -0.05) is 67.0 Å². The first-order valence-electron chi connectivity index (χ1n) is 8.11. The highest BCUT2D eigenvalue weighted by molar-refractivity contribution is 6.32. The molecule has 0 spiro atoms. The number of hydrogen-bond acceptors (Lipinski definition) is 1. The van der Waals surface area contributed by atoms with Crippen molar-refractivity contribution in [2.24, 2.45) is 0 Å². The smallest absolute Gasteiger partial charge is 0.208 e. The molecule has 0 amide bonds. The Bertz CT molecular complexity index is 556. The number of nitrogens with zero attached hydrogens (tertiary/aromatic N) is 1. The van der Waals surface area contributed by atoms with E-state index in [1.165, 1.54) is 43.3 Å². The molecule has 2 aliphatic rings. The van der Waals surface area contributed by atoms with Gasteiger partial charge in [-0.25, -0.2) is 0 Å². The molecule has 2 heterocycles. The topological polar surface area (TPSA) is 3.24 Å². The van der Waals surface area contributed by atoms with Crippen LogP contribution in [-0.2, 0) is 5.41 Å². The van der Waals surface area contributed by atoms with Gasteiger partial charge in [0.1, 0.15) is 0 Å². The zero-order valence-electron chi connectivity index (χ0n) is 12.4. The molecule has 0 aromatic heterocycles. The molecule has 1 radical (unpaired) electrons. The van der Waals surface area contributed by atoms with E-state index >= 15 is 0 Å². The first kappa shape index (κ1) is 13.2. The SMILES string of the molecule is [B]1CCC(c2ccccc2)(c2ccccc2)[C@H]2CCCN12. The van der Waals surface area contributed by atoms with E-state index in [1.807, 2.05) is 0 Å². The van der Waals surface area contributed by atoms with Crippen LogP contribution >= 0.6 is 0 Å². The van der Waals surface area contributed by atoms with E-state index in [2.05, 4.69) is 72.9 Å². The lowest BCUT2D eigenvalue weighted by Gasteiger charge is -2.48. The average Bonchev–Trinajstić information content (AvgIpc) is 3.05. The lowest BCUT2D eigenvalue weighted by atomic mass is 9.58. The van der Waals surface area contributed by atoms with Crippen LogP contribution in [0.15, 0.2) is 60.7 Å². The standard InChI is InChI=1S/C19H21BN/c1-3-8-16(9-4-1)19(17-10-5-2-6-11-17)13-14-20-21-15-7-12-18(19)21/h1-6,8-11,18H,7,12-15H2/t18-/m1/s1. The predicted molar refractivity (Wildman–Crippen MR) is 88.6 cm³/mol. The summed E-state index contributed by atoms with van der Waals surface area (Å²) in [7, 11) is 2.45. The largest absolute Gasteiger partial charge is 0.343 e. The summed E-state index contributed by atoms with van der Waals surface area (Å²) in [4.78, 5) is 2.61. The third-order valence-corrected chi connectivity index (χ3v) is 5.34. The van der Waals surface area contributed by atoms with E-state index in [0.29, 0.717) is 6.04 Å². The van der Waals surface area contributed by atoms with Gasteiger partial charge in [0, 0.05) is 11.5 Å². The molecular formula is C19H21BN. The van der Waals surface area contributed by atoms with E-state index in [4.69, 9.17) is 0 Å². The fourth-order valence-electron chi connectivity index (χ4n) is 4.47. The molecule has 2 aromatic carbocycles. The molecule has 4 rings (SSSR count). The minimum absolute atomic E-state index is 0.160. The van der Waals surface area contributed by atoms with E-state index < -0.39 is 0 Å². The van der Waals surface area contributed by atoms with Crippen LogP contribution in [0.1, 0.15) is 30.4 Å². The van der Waals surface area contributed by atoms with Gasteiger partial charge in [-0.3, -0.25) is 0 Å². The molecule has 2 saturated heterocycles. The fourth-order valence-corrected chi connectivity index (χ4v) is 4.47. The first-order chi connectivity index (χ1) is 10.4. The van der Waals surface area contributed by atoms with Crippen molar-refractivity contribution in [2.75, 3.05) is 6.54 Å². The summed E-state index contributed by atoms with van der Waals surface area (Å²) < 4.78 is 0. The van der Waals surface area contributed by atoms with Crippen molar-refractivity contribution >= 4 is 7.41 Å². The molecule has 2 heteroatoms. The van der Waals surface area contributed by atoms with Crippen molar-refractivity contribution in [1.82, 2.24) is 4.81 Å². The minimum Gasteiger partial charge on any atom is -0.343 e. The quantitative estimate of drug-likeness (QED) is 0.751. The highest BCUT2D eigenvalue weighted by atomic mass is 15.1. The number of rotatable bonds is 2. The van der Waals surface area contributed by atoms with Crippen LogP contribution in [0.5, 0.6) is 0 Å². The number of hydrogen-bond donors (Lipinski definition) is 0. The molecule has 0 unspecified atom stereocenters. The van der Waals surface area contributed by atoms with Gasteiger partial charge < -0.3 is 4.81 Å². The van der Waals surface area contributed by atoms with Crippen LogP contribution in [-0.4, -0.2) is 24.8 Å². The van der Waals surface area contributed by atoms with E-state index in [1.54, 1.807) is 0 Å². The van der Waals surface area contributed by atoms with Crippen molar-refractivity contribution in [2.45, 2.75) is 37.0 Å². The molecule has 0 saturated carbocycles. The van der Waals surface area contributed by atoms with Gasteiger partial charge in [0.15, 0.2) is 0 Å². The van der Waals surface area contributed by atoms with Crippen LogP contribution in [0, 0.1) is 0 Å². The number of benzene rings is 2. The molecule has 105 valence electrons. The van der Waals surface area contributed by atoms with E-state index in [9.17, 15) is 0 Å². The van der Waals surface area contributed by atoms with Gasteiger partial charge in [-0.2, -0.15) is 0 Å². The van der Waals surface area contributed by atoms with Crippen LogP contribution in [0.3, 0.4) is 0 Å². The monoisotopic (exact) mass is 274 g/mol. The normalized spacial score (nSPS) is 24.3. The zero-order chi connectivity index (χ0) is 14.1. The Kier molecular flexibility index (Phi) is 3.35. The van der Waals surface area contributed by atoms with E-state index in [0.717, 1.165) is 0 Å². The summed E-state index contributed by atoms with van der Waals surface area (Å²) >= 11 is 0. The van der Waals surface area contributed by atoms with Gasteiger partial charge >= 0.3 is 0 Å². The highest BCUT2D eigenvalue weighted by Crippen LogP contribution is 2.47. The van der Waals surface area contributed by atoms with E-state index in [-0.39, 0.29) is 5.41 Å². The third-order valence-electron chi connectivity index (χ3n) is 5.34. The Morgan fingerprint density at radius 1 is 0.905 bits per heavy atom. The van der Waals surface area contributed by atoms with Crippen LogP contribution < -0.4 is 0 Å². The van der Waals surface area contributed by atoms with Crippen molar-refractivity contribution in [3.63, 3.8) is 0 Å². The van der Waals surface area contributed by atoms with Crippen LogP contribution in [0.2, 0.25) is 6.32 Å². The molecule has 21 heavy (non-hydrogen) atoms. The fraction of sp³-hybridized carbons (Fsp3) is 0.368. The minimum atomic E-state index is 0.160. The van der Waals surface area contributed by atoms with Gasteiger partial charge in [0.2, 0.25) is 7.41 Å². The molecule has 1 atom stereocenters. The maximum atomic E-state index is 2.61. The molecule has 2 fully saturated rings. The zero-order valence-corrected chi connectivity index (χ0v) is 12.4. The van der Waals surface area contributed by atoms with Gasteiger partial charge in [-0.05, 0) is 36.9 Å². The van der Waals surface area contributed by atoms with Crippen molar-refractivity contribution in [1.29, 1.82) is 0 Å². The second-order valence-corrected chi connectivity index (χ2v) is 6.32. The third kappa shape index (κ3) is 2.05. The summed E-state index contributed by atoms with van der Waals surface area (Å²) in [6.45, 7) is 1.23. The molecule has 2 aliphatic heterocycles. The Labute approximate surface area is 128 Å². The lowest BCUT2D eigenvalue weighted by Crippen LogP contribution is -2.53. The summed E-state index contributed by atoms with van der Waals surface area (Å²) in [5, 5.41) is 0. The van der Waals surface area contributed by atoms with Gasteiger partial charge in [0.05, 0.1) is 0 Å².